The lowest BCUT2D eigenvalue weighted by Gasteiger charge is -2.10. The van der Waals surface area contributed by atoms with Gasteiger partial charge in [0.05, 0.1) is 24.9 Å². The Kier molecular flexibility index (Phi) is 5.00. The summed E-state index contributed by atoms with van der Waals surface area (Å²) in [6.07, 6.45) is 1.86. The lowest BCUT2D eigenvalue weighted by Crippen LogP contribution is -2.16. The maximum atomic E-state index is 13.3. The minimum Gasteiger partial charge on any atom is -0.453 e. The SMILES string of the molecule is COC(=O)Nc1ccc2ncc(C(=O)Nc3cc(-c4noc([C@H]5C[C@@H]5F)n4)ccc3C)n2c1. The number of aryl methyl sites for hydroxylation is 1. The van der Waals surface area contributed by atoms with Crippen molar-refractivity contribution in [3.63, 3.8) is 0 Å². The second-order valence-electron chi connectivity index (χ2n) is 7.70. The van der Waals surface area contributed by atoms with Gasteiger partial charge in [0.1, 0.15) is 17.5 Å². The van der Waals surface area contributed by atoms with Crippen molar-refractivity contribution in [2.75, 3.05) is 17.7 Å². The first-order valence-corrected chi connectivity index (χ1v) is 10.1. The predicted molar refractivity (Wildman–Crippen MR) is 116 cm³/mol. The average Bonchev–Trinajstić information content (AvgIpc) is 3.18. The van der Waals surface area contributed by atoms with Gasteiger partial charge in [-0.1, -0.05) is 17.3 Å². The molecule has 1 aliphatic carbocycles. The van der Waals surface area contributed by atoms with Crippen molar-refractivity contribution in [2.24, 2.45) is 0 Å². The van der Waals surface area contributed by atoms with E-state index in [0.29, 0.717) is 34.8 Å². The van der Waals surface area contributed by atoms with E-state index in [0.717, 1.165) is 5.56 Å². The molecule has 0 unspecified atom stereocenters. The summed E-state index contributed by atoms with van der Waals surface area (Å²) in [6, 6.07) is 8.68. The molecule has 2 atom stereocenters. The fourth-order valence-corrected chi connectivity index (χ4v) is 3.40. The van der Waals surface area contributed by atoms with E-state index in [1.807, 2.05) is 13.0 Å². The molecule has 0 spiro atoms. The van der Waals surface area contributed by atoms with E-state index >= 15 is 0 Å². The van der Waals surface area contributed by atoms with Crippen LogP contribution in [-0.2, 0) is 4.74 Å². The number of halogens is 1. The number of alkyl halides is 1. The number of nitrogens with one attached hydrogen (secondary N) is 2. The zero-order valence-electron chi connectivity index (χ0n) is 17.7. The highest BCUT2D eigenvalue weighted by molar-refractivity contribution is 6.04. The molecule has 1 aliphatic rings. The number of fused-ring (bicyclic) bond motifs is 1. The number of nitrogens with zero attached hydrogens (tertiary/aromatic N) is 4. The minimum atomic E-state index is -0.931. The zero-order chi connectivity index (χ0) is 23.1. The highest BCUT2D eigenvalue weighted by Crippen LogP contribution is 2.43. The van der Waals surface area contributed by atoms with Crippen LogP contribution in [0.2, 0.25) is 0 Å². The lowest BCUT2D eigenvalue weighted by atomic mass is 10.1. The number of hydrogen-bond acceptors (Lipinski definition) is 7. The number of ether oxygens (including phenoxy) is 1. The van der Waals surface area contributed by atoms with Gasteiger partial charge < -0.3 is 14.6 Å². The Balaban J connectivity index is 1.40. The molecule has 0 bridgehead atoms. The fourth-order valence-electron chi connectivity index (χ4n) is 3.40. The van der Waals surface area contributed by atoms with Gasteiger partial charge in [0, 0.05) is 17.4 Å². The largest absolute Gasteiger partial charge is 0.453 e. The van der Waals surface area contributed by atoms with Crippen LogP contribution in [0.15, 0.2) is 47.2 Å². The van der Waals surface area contributed by atoms with Gasteiger partial charge in [-0.05, 0) is 37.1 Å². The van der Waals surface area contributed by atoms with E-state index in [9.17, 15) is 14.0 Å². The predicted octanol–water partition coefficient (Wildman–Crippen LogP) is 3.95. The maximum Gasteiger partial charge on any atom is 0.411 e. The molecule has 5 rings (SSSR count). The number of imidazole rings is 1. The van der Waals surface area contributed by atoms with Crippen molar-refractivity contribution < 1.29 is 23.2 Å². The molecule has 0 saturated heterocycles. The molecule has 33 heavy (non-hydrogen) atoms. The van der Waals surface area contributed by atoms with Crippen LogP contribution in [0.5, 0.6) is 0 Å². The molecule has 1 aromatic carbocycles. The van der Waals surface area contributed by atoms with Crippen molar-refractivity contribution in [3.8, 4) is 11.4 Å². The van der Waals surface area contributed by atoms with Crippen LogP contribution in [0.1, 0.15) is 34.3 Å². The Morgan fingerprint density at radius 3 is 2.82 bits per heavy atom. The van der Waals surface area contributed by atoms with Gasteiger partial charge >= 0.3 is 6.09 Å². The Hall–Kier alpha value is -4.28. The first-order chi connectivity index (χ1) is 15.9. The van der Waals surface area contributed by atoms with E-state index < -0.39 is 18.2 Å². The van der Waals surface area contributed by atoms with Crippen LogP contribution in [-0.4, -0.2) is 44.8 Å². The van der Waals surface area contributed by atoms with E-state index in [4.69, 9.17) is 4.52 Å². The second kappa shape index (κ2) is 8.01. The molecule has 1 fully saturated rings. The molecular formula is C22H19FN6O4. The molecular weight excluding hydrogens is 431 g/mol. The van der Waals surface area contributed by atoms with Gasteiger partial charge in [-0.15, -0.1) is 0 Å². The fraction of sp³-hybridized carbons (Fsp3) is 0.227. The smallest absolute Gasteiger partial charge is 0.411 e. The van der Waals surface area contributed by atoms with E-state index in [2.05, 4.69) is 30.5 Å². The number of benzene rings is 1. The van der Waals surface area contributed by atoms with Crippen molar-refractivity contribution in [1.29, 1.82) is 0 Å². The number of rotatable bonds is 5. The summed E-state index contributed by atoms with van der Waals surface area (Å²) in [5.74, 6) is -0.117. The van der Waals surface area contributed by atoms with Gasteiger partial charge in [0.2, 0.25) is 11.7 Å². The van der Waals surface area contributed by atoms with Crippen molar-refractivity contribution in [2.45, 2.75) is 25.4 Å². The van der Waals surface area contributed by atoms with Gasteiger partial charge in [-0.2, -0.15) is 4.98 Å². The molecule has 11 heteroatoms. The number of pyridine rings is 1. The molecule has 3 aromatic heterocycles. The third kappa shape index (κ3) is 4.00. The van der Waals surface area contributed by atoms with Gasteiger partial charge in [-0.25, -0.2) is 14.2 Å². The summed E-state index contributed by atoms with van der Waals surface area (Å²) in [5, 5.41) is 9.37. The van der Waals surface area contributed by atoms with Gasteiger partial charge in [0.15, 0.2) is 0 Å². The van der Waals surface area contributed by atoms with Crippen LogP contribution in [0.3, 0.4) is 0 Å². The molecule has 1 saturated carbocycles. The van der Waals surface area contributed by atoms with E-state index in [1.165, 1.54) is 13.3 Å². The summed E-state index contributed by atoms with van der Waals surface area (Å²) in [6.45, 7) is 1.85. The quantitative estimate of drug-likeness (QED) is 0.472. The number of methoxy groups -OCH3 is 1. The highest BCUT2D eigenvalue weighted by Gasteiger charge is 2.43. The molecule has 0 radical (unpaired) electrons. The van der Waals surface area contributed by atoms with Crippen LogP contribution in [0.25, 0.3) is 17.0 Å². The summed E-state index contributed by atoms with van der Waals surface area (Å²) in [7, 11) is 1.26. The summed E-state index contributed by atoms with van der Waals surface area (Å²) >= 11 is 0. The summed E-state index contributed by atoms with van der Waals surface area (Å²) in [4.78, 5) is 33.0. The van der Waals surface area contributed by atoms with Crippen LogP contribution < -0.4 is 10.6 Å². The molecule has 0 aliphatic heterocycles. The first kappa shape index (κ1) is 20.6. The Morgan fingerprint density at radius 2 is 2.06 bits per heavy atom. The number of amides is 2. The average molecular weight is 450 g/mol. The van der Waals surface area contributed by atoms with Crippen molar-refractivity contribution >= 4 is 29.0 Å². The number of anilines is 2. The number of carbonyl (C=O) groups excluding carboxylic acids is 2. The molecule has 10 nitrogen and oxygen atoms in total. The van der Waals surface area contributed by atoms with Crippen LogP contribution >= 0.6 is 0 Å². The normalized spacial score (nSPS) is 17.1. The maximum absolute atomic E-state index is 13.3. The van der Waals surface area contributed by atoms with E-state index in [-0.39, 0.29) is 17.5 Å². The zero-order valence-corrected chi connectivity index (χ0v) is 17.7. The minimum absolute atomic E-state index is 0.271. The van der Waals surface area contributed by atoms with Crippen molar-refractivity contribution in [3.05, 3.63) is 59.9 Å². The third-order valence-electron chi connectivity index (χ3n) is 5.39. The Bertz CT molecular complexity index is 1380. The molecule has 3 heterocycles. The monoisotopic (exact) mass is 450 g/mol. The summed E-state index contributed by atoms with van der Waals surface area (Å²) in [5.41, 5.74) is 3.25. The number of hydrogen-bond donors (Lipinski definition) is 2. The molecule has 2 amide bonds. The topological polar surface area (TPSA) is 124 Å². The molecule has 4 aromatic rings. The van der Waals surface area contributed by atoms with Gasteiger partial charge in [0.25, 0.3) is 5.91 Å². The Morgan fingerprint density at radius 1 is 1.24 bits per heavy atom. The lowest BCUT2D eigenvalue weighted by molar-refractivity contribution is 0.102. The standard InChI is InChI=1S/C22H19FN6O4/c1-11-3-4-12(19-27-21(33-28-19)14-8-15(14)23)7-16(11)26-20(30)17-9-24-18-6-5-13(10-29(17)18)25-22(31)32-2/h3-7,9-10,14-15H,8H2,1-2H3,(H,25,31)(H,26,30)/t14-,15-/m0/s1. The third-order valence-corrected chi connectivity index (χ3v) is 5.39. The van der Waals surface area contributed by atoms with E-state index in [1.54, 1.807) is 34.9 Å². The van der Waals surface area contributed by atoms with Crippen LogP contribution in [0, 0.1) is 6.92 Å². The Labute approximate surface area is 186 Å². The highest BCUT2D eigenvalue weighted by atomic mass is 19.1. The molecule has 168 valence electrons. The van der Waals surface area contributed by atoms with Crippen molar-refractivity contribution in [1.82, 2.24) is 19.5 Å². The summed E-state index contributed by atoms with van der Waals surface area (Å²) < 4.78 is 24.6. The number of aromatic nitrogens is 4. The molecule has 2 N–H and O–H groups in total. The second-order valence-corrected chi connectivity index (χ2v) is 7.70. The van der Waals surface area contributed by atoms with Crippen LogP contribution in [0.4, 0.5) is 20.6 Å². The number of carbonyl (C=O) groups is 2. The first-order valence-electron chi connectivity index (χ1n) is 10.1. The van der Waals surface area contributed by atoms with Gasteiger partial charge in [-0.3, -0.25) is 14.5 Å².